The molecule has 0 radical (unpaired) electrons. The molecule has 2 atom stereocenters. The van der Waals surface area contributed by atoms with Gasteiger partial charge in [0, 0.05) is 30.7 Å². The van der Waals surface area contributed by atoms with Gasteiger partial charge < -0.3 is 15.4 Å². The average Bonchev–Trinajstić information content (AvgIpc) is 2.81. The number of ether oxygens (including phenoxy) is 1. The molecule has 1 aliphatic heterocycles. The van der Waals surface area contributed by atoms with E-state index in [0.29, 0.717) is 12.5 Å². The lowest BCUT2D eigenvalue weighted by molar-refractivity contribution is 0.185. The van der Waals surface area contributed by atoms with Crippen LogP contribution < -0.4 is 10.6 Å². The molecule has 0 amide bonds. The number of benzene rings is 1. The van der Waals surface area contributed by atoms with Gasteiger partial charge in [-0.3, -0.25) is 0 Å². The van der Waals surface area contributed by atoms with Crippen molar-refractivity contribution in [3.63, 3.8) is 0 Å². The molecule has 1 fully saturated rings. The van der Waals surface area contributed by atoms with Crippen molar-refractivity contribution in [1.29, 1.82) is 0 Å². The minimum atomic E-state index is 0.192. The Bertz CT molecular complexity index is 342. The van der Waals surface area contributed by atoms with Crippen LogP contribution in [0.4, 0.5) is 5.69 Å². The van der Waals surface area contributed by atoms with Crippen molar-refractivity contribution in [3.05, 3.63) is 30.3 Å². The smallest absolute Gasteiger partial charge is 0.0621 e. The third-order valence-corrected chi connectivity index (χ3v) is 3.61. The van der Waals surface area contributed by atoms with E-state index in [1.807, 2.05) is 0 Å². The van der Waals surface area contributed by atoms with Crippen LogP contribution in [0.15, 0.2) is 30.3 Å². The molecule has 1 aromatic carbocycles. The molecular formula is C15H24N2O. The fourth-order valence-electron chi connectivity index (χ4n) is 2.40. The summed E-state index contributed by atoms with van der Waals surface area (Å²) in [5.74, 6) is 0.460. The topological polar surface area (TPSA) is 38.5 Å². The lowest BCUT2D eigenvalue weighted by Crippen LogP contribution is -2.39. The van der Waals surface area contributed by atoms with Crippen LogP contribution in [0.2, 0.25) is 0 Å². The molecule has 1 aliphatic rings. The van der Waals surface area contributed by atoms with Gasteiger partial charge in [-0.2, -0.15) is 0 Å². The number of hydrogen-bond acceptors (Lipinski definition) is 3. The van der Waals surface area contributed by atoms with Gasteiger partial charge in [0.2, 0.25) is 0 Å². The van der Waals surface area contributed by atoms with Crippen LogP contribution in [-0.2, 0) is 4.74 Å². The predicted octanol–water partition coefficient (Wildman–Crippen LogP) is 2.27. The van der Waals surface area contributed by atoms with Gasteiger partial charge in [0.1, 0.15) is 0 Å². The Morgan fingerprint density at radius 2 is 2.06 bits per heavy atom. The Labute approximate surface area is 110 Å². The van der Waals surface area contributed by atoms with E-state index in [9.17, 15) is 0 Å². The van der Waals surface area contributed by atoms with Gasteiger partial charge in [-0.15, -0.1) is 0 Å². The van der Waals surface area contributed by atoms with Crippen LogP contribution in [0, 0.1) is 5.92 Å². The summed E-state index contributed by atoms with van der Waals surface area (Å²) >= 11 is 0. The summed E-state index contributed by atoms with van der Waals surface area (Å²) in [6.45, 7) is 5.85. The summed E-state index contributed by atoms with van der Waals surface area (Å²) in [6, 6.07) is 10.8. The second-order valence-electron chi connectivity index (χ2n) is 5.10. The molecule has 1 heterocycles. The van der Waals surface area contributed by atoms with Crippen LogP contribution in [0.25, 0.3) is 0 Å². The Morgan fingerprint density at radius 3 is 2.67 bits per heavy atom. The number of nitrogens with two attached hydrogens (primary N) is 1. The molecule has 1 aromatic rings. The highest BCUT2D eigenvalue weighted by Gasteiger charge is 2.26. The number of nitrogens with zero attached hydrogens (tertiary/aromatic N) is 1. The largest absolute Gasteiger partial charge is 0.379 e. The van der Waals surface area contributed by atoms with Crippen LogP contribution in [0.3, 0.4) is 0 Å². The number of para-hydroxylation sites is 1. The minimum absolute atomic E-state index is 0.192. The van der Waals surface area contributed by atoms with Crippen molar-refractivity contribution in [3.8, 4) is 0 Å². The molecule has 2 N–H and O–H groups in total. The van der Waals surface area contributed by atoms with Crippen molar-refractivity contribution in [2.45, 2.75) is 25.8 Å². The third kappa shape index (κ3) is 3.47. The number of rotatable bonds is 6. The van der Waals surface area contributed by atoms with Crippen molar-refractivity contribution >= 4 is 5.69 Å². The lowest BCUT2D eigenvalue weighted by atomic mass is 10.0. The Hall–Kier alpha value is -1.06. The first-order valence-electron chi connectivity index (χ1n) is 6.94. The van der Waals surface area contributed by atoms with Crippen LogP contribution in [0.5, 0.6) is 0 Å². The molecule has 0 aliphatic carbocycles. The zero-order valence-electron chi connectivity index (χ0n) is 11.2. The van der Waals surface area contributed by atoms with E-state index in [1.165, 1.54) is 18.5 Å². The lowest BCUT2D eigenvalue weighted by Gasteiger charge is -2.28. The zero-order valence-corrected chi connectivity index (χ0v) is 11.2. The quantitative estimate of drug-likeness (QED) is 0.839. The molecule has 3 heteroatoms. The van der Waals surface area contributed by atoms with Gasteiger partial charge in [-0.25, -0.2) is 0 Å². The van der Waals surface area contributed by atoms with Gasteiger partial charge in [0.15, 0.2) is 0 Å². The summed E-state index contributed by atoms with van der Waals surface area (Å²) in [4.78, 5) is 2.45. The Kier molecular flexibility index (Phi) is 5.02. The Balaban J connectivity index is 2.00. The predicted molar refractivity (Wildman–Crippen MR) is 75.8 cm³/mol. The number of anilines is 1. The van der Waals surface area contributed by atoms with Crippen molar-refractivity contribution in [2.75, 3.05) is 31.2 Å². The SMILES string of the molecule is CCCCN(CC1COCC1N)c1ccccc1. The maximum atomic E-state index is 6.08. The second kappa shape index (κ2) is 6.76. The maximum Gasteiger partial charge on any atom is 0.0621 e. The molecule has 1 saturated heterocycles. The molecule has 2 rings (SSSR count). The Morgan fingerprint density at radius 1 is 1.28 bits per heavy atom. The maximum absolute atomic E-state index is 6.08. The average molecular weight is 248 g/mol. The molecule has 0 aromatic heterocycles. The van der Waals surface area contributed by atoms with E-state index >= 15 is 0 Å². The summed E-state index contributed by atoms with van der Waals surface area (Å²) in [5, 5.41) is 0. The minimum Gasteiger partial charge on any atom is -0.379 e. The standard InChI is InChI=1S/C15H24N2O/c1-2-3-9-17(14-7-5-4-6-8-14)10-13-11-18-12-15(13)16/h4-8,13,15H,2-3,9-12,16H2,1H3. The highest BCUT2D eigenvalue weighted by Crippen LogP contribution is 2.19. The first-order valence-corrected chi connectivity index (χ1v) is 6.94. The van der Waals surface area contributed by atoms with Crippen LogP contribution in [-0.4, -0.2) is 32.3 Å². The van der Waals surface area contributed by atoms with Crippen molar-refractivity contribution in [1.82, 2.24) is 0 Å². The summed E-state index contributed by atoms with van der Waals surface area (Å²) < 4.78 is 5.46. The summed E-state index contributed by atoms with van der Waals surface area (Å²) in [6.07, 6.45) is 2.44. The van der Waals surface area contributed by atoms with E-state index in [1.54, 1.807) is 0 Å². The van der Waals surface area contributed by atoms with E-state index < -0.39 is 0 Å². The second-order valence-corrected chi connectivity index (χ2v) is 5.10. The van der Waals surface area contributed by atoms with Crippen molar-refractivity contribution < 1.29 is 4.74 Å². The fourth-order valence-corrected chi connectivity index (χ4v) is 2.40. The van der Waals surface area contributed by atoms with Gasteiger partial charge in [-0.05, 0) is 18.6 Å². The molecule has 100 valence electrons. The van der Waals surface area contributed by atoms with Gasteiger partial charge in [-0.1, -0.05) is 31.5 Å². The van der Waals surface area contributed by atoms with Gasteiger partial charge in [0.25, 0.3) is 0 Å². The number of unbranched alkanes of at least 4 members (excludes halogenated alkanes) is 1. The van der Waals surface area contributed by atoms with Crippen LogP contribution in [0.1, 0.15) is 19.8 Å². The van der Waals surface area contributed by atoms with E-state index in [0.717, 1.165) is 19.7 Å². The van der Waals surface area contributed by atoms with E-state index in [-0.39, 0.29) is 6.04 Å². The molecule has 2 unspecified atom stereocenters. The van der Waals surface area contributed by atoms with E-state index in [4.69, 9.17) is 10.5 Å². The van der Waals surface area contributed by atoms with Gasteiger partial charge in [0.05, 0.1) is 13.2 Å². The molecule has 0 bridgehead atoms. The highest BCUT2D eigenvalue weighted by atomic mass is 16.5. The van der Waals surface area contributed by atoms with Crippen LogP contribution >= 0.6 is 0 Å². The monoisotopic (exact) mass is 248 g/mol. The first kappa shape index (κ1) is 13.4. The van der Waals surface area contributed by atoms with E-state index in [2.05, 4.69) is 42.2 Å². The highest BCUT2D eigenvalue weighted by molar-refractivity contribution is 5.46. The molecular weight excluding hydrogens is 224 g/mol. The summed E-state index contributed by atoms with van der Waals surface area (Å²) in [7, 11) is 0. The normalized spacial score (nSPS) is 23.2. The number of hydrogen-bond donors (Lipinski definition) is 1. The van der Waals surface area contributed by atoms with Crippen molar-refractivity contribution in [2.24, 2.45) is 11.7 Å². The first-order chi connectivity index (χ1) is 8.81. The molecule has 18 heavy (non-hydrogen) atoms. The molecule has 3 nitrogen and oxygen atoms in total. The van der Waals surface area contributed by atoms with Gasteiger partial charge >= 0.3 is 0 Å². The fraction of sp³-hybridized carbons (Fsp3) is 0.600. The molecule has 0 spiro atoms. The third-order valence-electron chi connectivity index (χ3n) is 3.61. The summed E-state index contributed by atoms with van der Waals surface area (Å²) in [5.41, 5.74) is 7.38. The molecule has 0 saturated carbocycles. The zero-order chi connectivity index (χ0) is 12.8.